The molecule has 0 bridgehead atoms. The summed E-state index contributed by atoms with van der Waals surface area (Å²) in [6.07, 6.45) is 0.754. The summed E-state index contributed by atoms with van der Waals surface area (Å²) in [7, 11) is 0. The summed E-state index contributed by atoms with van der Waals surface area (Å²) in [5.74, 6) is -0.440. The van der Waals surface area contributed by atoms with Gasteiger partial charge < -0.3 is 10.6 Å². The van der Waals surface area contributed by atoms with E-state index in [0.29, 0.717) is 23.4 Å². The number of carbonyl (C=O) groups is 2. The fraction of sp³-hybridized carbons (Fsp3) is 0.130. The monoisotopic (exact) mass is 358 g/mol. The quantitative estimate of drug-likeness (QED) is 0.693. The molecule has 4 heteroatoms. The fourth-order valence-corrected chi connectivity index (χ4v) is 2.75. The van der Waals surface area contributed by atoms with Crippen LogP contribution in [-0.4, -0.2) is 18.4 Å². The van der Waals surface area contributed by atoms with Gasteiger partial charge in [-0.2, -0.15) is 0 Å². The van der Waals surface area contributed by atoms with E-state index in [2.05, 4.69) is 10.6 Å². The van der Waals surface area contributed by atoms with Gasteiger partial charge in [0, 0.05) is 12.1 Å². The molecule has 0 heterocycles. The Bertz CT molecular complexity index is 919. The van der Waals surface area contributed by atoms with Crippen LogP contribution in [0.5, 0.6) is 0 Å². The molecule has 0 saturated heterocycles. The Balaban J connectivity index is 1.65. The molecule has 3 aromatic carbocycles. The van der Waals surface area contributed by atoms with Gasteiger partial charge in [-0.3, -0.25) is 9.59 Å². The number of amides is 2. The number of nitrogens with one attached hydrogen (secondary N) is 2. The predicted octanol–water partition coefficient (Wildman–Crippen LogP) is 4.22. The number of anilines is 1. The molecule has 0 radical (unpaired) electrons. The second-order valence-corrected chi connectivity index (χ2v) is 6.36. The number of benzene rings is 3. The van der Waals surface area contributed by atoms with Crippen LogP contribution < -0.4 is 10.6 Å². The highest BCUT2D eigenvalue weighted by atomic mass is 16.2. The first kappa shape index (κ1) is 18.4. The molecule has 2 N–H and O–H groups in total. The molecule has 0 spiro atoms. The Morgan fingerprint density at radius 1 is 0.778 bits per heavy atom. The van der Waals surface area contributed by atoms with Crippen molar-refractivity contribution in [3.63, 3.8) is 0 Å². The Hall–Kier alpha value is -3.40. The molecule has 3 aromatic rings. The number of para-hydroxylation sites is 1. The molecule has 0 fully saturated rings. The second kappa shape index (κ2) is 8.81. The minimum absolute atomic E-state index is 0.203. The zero-order valence-electron chi connectivity index (χ0n) is 15.2. The van der Waals surface area contributed by atoms with Gasteiger partial charge in [-0.25, -0.2) is 0 Å². The van der Waals surface area contributed by atoms with Crippen molar-refractivity contribution in [1.82, 2.24) is 5.32 Å². The standard InChI is InChI=1S/C23H22N2O2/c1-17-11-13-19(14-12-17)22(26)25-21-10-6-5-9-20(21)23(27)24-16-15-18-7-3-2-4-8-18/h2-14H,15-16H2,1H3,(H,24,27)(H,25,26). The van der Waals surface area contributed by atoms with Gasteiger partial charge in [0.1, 0.15) is 0 Å². The number of rotatable bonds is 6. The van der Waals surface area contributed by atoms with E-state index in [4.69, 9.17) is 0 Å². The molecule has 0 aliphatic carbocycles. The van der Waals surface area contributed by atoms with Gasteiger partial charge in [0.15, 0.2) is 0 Å². The van der Waals surface area contributed by atoms with E-state index < -0.39 is 0 Å². The van der Waals surface area contributed by atoms with E-state index in [1.165, 1.54) is 5.56 Å². The van der Waals surface area contributed by atoms with Gasteiger partial charge in [-0.15, -0.1) is 0 Å². The Morgan fingerprint density at radius 2 is 1.44 bits per heavy atom. The average molecular weight is 358 g/mol. The summed E-state index contributed by atoms with van der Waals surface area (Å²) >= 11 is 0. The van der Waals surface area contributed by atoms with E-state index in [1.807, 2.05) is 49.4 Å². The summed E-state index contributed by atoms with van der Waals surface area (Å²) in [5, 5.41) is 5.75. The summed E-state index contributed by atoms with van der Waals surface area (Å²) in [6, 6.07) is 24.3. The highest BCUT2D eigenvalue weighted by molar-refractivity contribution is 6.09. The van der Waals surface area contributed by atoms with Gasteiger partial charge in [0.2, 0.25) is 0 Å². The van der Waals surface area contributed by atoms with Crippen molar-refractivity contribution in [2.24, 2.45) is 0 Å². The molecular formula is C23H22N2O2. The van der Waals surface area contributed by atoms with Crippen LogP contribution in [0.4, 0.5) is 5.69 Å². The van der Waals surface area contributed by atoms with Gasteiger partial charge in [0.05, 0.1) is 11.3 Å². The topological polar surface area (TPSA) is 58.2 Å². The summed E-state index contributed by atoms with van der Waals surface area (Å²) in [6.45, 7) is 2.50. The Labute approximate surface area is 159 Å². The third kappa shape index (κ3) is 5.05. The summed E-state index contributed by atoms with van der Waals surface area (Å²) in [4.78, 5) is 25.0. The van der Waals surface area contributed by atoms with Gasteiger partial charge >= 0.3 is 0 Å². The molecule has 0 aliphatic heterocycles. The number of hydrogen-bond acceptors (Lipinski definition) is 2. The van der Waals surface area contributed by atoms with Crippen molar-refractivity contribution < 1.29 is 9.59 Å². The van der Waals surface area contributed by atoms with Crippen molar-refractivity contribution in [1.29, 1.82) is 0 Å². The van der Waals surface area contributed by atoms with Crippen LogP contribution in [0.2, 0.25) is 0 Å². The maximum atomic E-state index is 12.6. The number of carbonyl (C=O) groups excluding carboxylic acids is 2. The zero-order valence-corrected chi connectivity index (χ0v) is 15.2. The average Bonchev–Trinajstić information content (AvgIpc) is 2.69. The summed E-state index contributed by atoms with van der Waals surface area (Å²) in [5.41, 5.74) is 3.76. The molecule has 27 heavy (non-hydrogen) atoms. The van der Waals surface area contributed by atoms with Crippen LogP contribution in [0.3, 0.4) is 0 Å². The molecule has 0 unspecified atom stereocenters. The Morgan fingerprint density at radius 3 is 2.19 bits per heavy atom. The lowest BCUT2D eigenvalue weighted by Gasteiger charge is -2.12. The second-order valence-electron chi connectivity index (χ2n) is 6.36. The van der Waals surface area contributed by atoms with E-state index in [9.17, 15) is 9.59 Å². The molecule has 0 aromatic heterocycles. The maximum Gasteiger partial charge on any atom is 0.255 e. The minimum atomic E-state index is -0.237. The lowest BCUT2D eigenvalue weighted by Crippen LogP contribution is -2.27. The van der Waals surface area contributed by atoms with Gasteiger partial charge in [0.25, 0.3) is 11.8 Å². The van der Waals surface area contributed by atoms with Gasteiger partial charge in [-0.05, 0) is 43.2 Å². The van der Waals surface area contributed by atoms with E-state index in [1.54, 1.807) is 36.4 Å². The maximum absolute atomic E-state index is 12.6. The SMILES string of the molecule is Cc1ccc(C(=O)Nc2ccccc2C(=O)NCCc2ccccc2)cc1. The molecule has 0 atom stereocenters. The van der Waals surface area contributed by atoms with Gasteiger partial charge in [-0.1, -0.05) is 60.2 Å². The molecule has 136 valence electrons. The highest BCUT2D eigenvalue weighted by Gasteiger charge is 2.13. The molecule has 3 rings (SSSR count). The van der Waals surface area contributed by atoms with Crippen LogP contribution >= 0.6 is 0 Å². The first-order chi connectivity index (χ1) is 13.1. The normalized spacial score (nSPS) is 10.3. The number of aryl methyl sites for hydroxylation is 1. The zero-order chi connectivity index (χ0) is 19.1. The van der Waals surface area contributed by atoms with Crippen LogP contribution in [-0.2, 0) is 6.42 Å². The van der Waals surface area contributed by atoms with E-state index >= 15 is 0 Å². The van der Waals surface area contributed by atoms with Crippen molar-refractivity contribution >= 4 is 17.5 Å². The lowest BCUT2D eigenvalue weighted by atomic mass is 10.1. The molecule has 4 nitrogen and oxygen atoms in total. The van der Waals surface area contributed by atoms with Crippen molar-refractivity contribution in [2.75, 3.05) is 11.9 Å². The third-order valence-corrected chi connectivity index (χ3v) is 4.28. The molecule has 0 saturated carbocycles. The van der Waals surface area contributed by atoms with Crippen LogP contribution in [0.15, 0.2) is 78.9 Å². The van der Waals surface area contributed by atoms with Crippen LogP contribution in [0.25, 0.3) is 0 Å². The highest BCUT2D eigenvalue weighted by Crippen LogP contribution is 2.16. The molecule has 2 amide bonds. The minimum Gasteiger partial charge on any atom is -0.352 e. The van der Waals surface area contributed by atoms with Crippen molar-refractivity contribution in [3.8, 4) is 0 Å². The molecule has 0 aliphatic rings. The lowest BCUT2D eigenvalue weighted by molar-refractivity contribution is 0.0955. The van der Waals surface area contributed by atoms with Crippen molar-refractivity contribution in [2.45, 2.75) is 13.3 Å². The third-order valence-electron chi connectivity index (χ3n) is 4.28. The van der Waals surface area contributed by atoms with E-state index in [-0.39, 0.29) is 11.8 Å². The largest absolute Gasteiger partial charge is 0.352 e. The smallest absolute Gasteiger partial charge is 0.255 e. The van der Waals surface area contributed by atoms with Crippen LogP contribution in [0.1, 0.15) is 31.8 Å². The predicted molar refractivity (Wildman–Crippen MR) is 108 cm³/mol. The van der Waals surface area contributed by atoms with E-state index in [0.717, 1.165) is 12.0 Å². The first-order valence-electron chi connectivity index (χ1n) is 8.92. The fourth-order valence-electron chi connectivity index (χ4n) is 2.75. The first-order valence-corrected chi connectivity index (χ1v) is 8.92. The molecular weight excluding hydrogens is 336 g/mol. The summed E-state index contributed by atoms with van der Waals surface area (Å²) < 4.78 is 0. The Kier molecular flexibility index (Phi) is 6.00. The van der Waals surface area contributed by atoms with Crippen molar-refractivity contribution in [3.05, 3.63) is 101 Å². The number of hydrogen-bond donors (Lipinski definition) is 2. The van der Waals surface area contributed by atoms with Crippen LogP contribution in [0, 0.1) is 6.92 Å².